The topological polar surface area (TPSA) is 75.6 Å². The quantitative estimate of drug-likeness (QED) is 0.823. The van der Waals surface area contributed by atoms with Gasteiger partial charge in [-0.3, -0.25) is 4.79 Å². The third-order valence-electron chi connectivity index (χ3n) is 3.52. The monoisotopic (exact) mass is 367 g/mol. The van der Waals surface area contributed by atoms with E-state index in [9.17, 15) is 22.8 Å². The molecule has 2 aromatic rings. The molecule has 8 heteroatoms. The molecule has 138 valence electrons. The van der Waals surface area contributed by atoms with Gasteiger partial charge in [-0.05, 0) is 55.8 Å². The molecule has 0 heterocycles. The Morgan fingerprint density at radius 1 is 1.12 bits per heavy atom. The number of halogens is 3. The zero-order valence-electron chi connectivity index (χ0n) is 14.0. The summed E-state index contributed by atoms with van der Waals surface area (Å²) in [4.78, 5) is 23.0. The molecule has 26 heavy (non-hydrogen) atoms. The lowest BCUT2D eigenvalue weighted by Gasteiger charge is -2.17. The highest BCUT2D eigenvalue weighted by Gasteiger charge is 2.35. The van der Waals surface area contributed by atoms with Crippen molar-refractivity contribution < 1.29 is 32.6 Å². The van der Waals surface area contributed by atoms with Gasteiger partial charge in [-0.2, -0.15) is 13.2 Å². The number of amides is 1. The standard InChI is InChI=1S/C18H16F3NO4/c1-3-26-15-10(2)8-13(9-14(15)18(19,20)21)22-16(23)11-4-6-12(7-5-11)17(24)25/h4-9H,3H2,1-2H3,(H,22,23)(H,24,25). The first-order chi connectivity index (χ1) is 12.1. The zero-order chi connectivity index (χ0) is 19.5. The Bertz CT molecular complexity index is 830. The van der Waals surface area contributed by atoms with Crippen LogP contribution in [0, 0.1) is 6.92 Å². The lowest BCUT2D eigenvalue weighted by atomic mass is 10.1. The number of carboxylic acid groups (broad SMARTS) is 1. The van der Waals surface area contributed by atoms with Crippen LogP contribution in [0.15, 0.2) is 36.4 Å². The van der Waals surface area contributed by atoms with Crippen LogP contribution in [0.2, 0.25) is 0 Å². The smallest absolute Gasteiger partial charge is 0.420 e. The molecule has 0 atom stereocenters. The third-order valence-corrected chi connectivity index (χ3v) is 3.52. The molecule has 2 rings (SSSR count). The summed E-state index contributed by atoms with van der Waals surface area (Å²) in [5.74, 6) is -2.07. The molecule has 0 radical (unpaired) electrons. The minimum atomic E-state index is -4.64. The number of carbonyl (C=O) groups is 2. The molecule has 0 bridgehead atoms. The van der Waals surface area contributed by atoms with Gasteiger partial charge in [0.15, 0.2) is 0 Å². The fraction of sp³-hybridized carbons (Fsp3) is 0.222. The number of alkyl halides is 3. The maximum atomic E-state index is 13.3. The number of anilines is 1. The summed E-state index contributed by atoms with van der Waals surface area (Å²) in [5, 5.41) is 11.2. The molecule has 0 aromatic heterocycles. The summed E-state index contributed by atoms with van der Waals surface area (Å²) in [6, 6.07) is 7.23. The van der Waals surface area contributed by atoms with E-state index in [2.05, 4.69) is 5.32 Å². The zero-order valence-corrected chi connectivity index (χ0v) is 14.0. The lowest BCUT2D eigenvalue weighted by Crippen LogP contribution is -2.15. The summed E-state index contributed by atoms with van der Waals surface area (Å²) < 4.78 is 44.9. The number of rotatable bonds is 5. The predicted molar refractivity (Wildman–Crippen MR) is 88.7 cm³/mol. The number of carbonyl (C=O) groups excluding carboxylic acids is 1. The Morgan fingerprint density at radius 3 is 2.19 bits per heavy atom. The van der Waals surface area contributed by atoms with E-state index in [4.69, 9.17) is 9.84 Å². The van der Waals surface area contributed by atoms with Gasteiger partial charge in [0.1, 0.15) is 5.75 Å². The summed E-state index contributed by atoms with van der Waals surface area (Å²) in [6.45, 7) is 3.11. The maximum Gasteiger partial charge on any atom is 0.420 e. The minimum absolute atomic E-state index is 0.00202. The highest BCUT2D eigenvalue weighted by Crippen LogP contribution is 2.40. The minimum Gasteiger partial charge on any atom is -0.493 e. The van der Waals surface area contributed by atoms with E-state index >= 15 is 0 Å². The molecular formula is C18H16F3NO4. The number of hydrogen-bond acceptors (Lipinski definition) is 3. The van der Waals surface area contributed by atoms with Crippen molar-refractivity contribution in [2.45, 2.75) is 20.0 Å². The first kappa shape index (κ1) is 19.3. The third kappa shape index (κ3) is 4.33. The van der Waals surface area contributed by atoms with Crippen molar-refractivity contribution in [2.24, 2.45) is 0 Å². The van der Waals surface area contributed by atoms with Crippen LogP contribution in [0.5, 0.6) is 5.75 Å². The van der Waals surface area contributed by atoms with E-state index in [-0.39, 0.29) is 34.7 Å². The van der Waals surface area contributed by atoms with Gasteiger partial charge in [0.2, 0.25) is 0 Å². The van der Waals surface area contributed by atoms with Crippen LogP contribution < -0.4 is 10.1 Å². The fourth-order valence-electron chi connectivity index (χ4n) is 2.36. The summed E-state index contributed by atoms with van der Waals surface area (Å²) in [5.41, 5.74) is -0.660. The van der Waals surface area contributed by atoms with Crippen LogP contribution in [0.1, 0.15) is 38.8 Å². The van der Waals surface area contributed by atoms with Crippen LogP contribution >= 0.6 is 0 Å². The van der Waals surface area contributed by atoms with Gasteiger partial charge < -0.3 is 15.2 Å². The number of benzene rings is 2. The van der Waals surface area contributed by atoms with Gasteiger partial charge in [0.05, 0.1) is 17.7 Å². The van der Waals surface area contributed by atoms with E-state index in [0.717, 1.165) is 6.07 Å². The molecule has 2 N–H and O–H groups in total. The van der Waals surface area contributed by atoms with E-state index in [1.54, 1.807) is 6.92 Å². The van der Waals surface area contributed by atoms with Gasteiger partial charge in [0.25, 0.3) is 5.91 Å². The second-order valence-corrected chi connectivity index (χ2v) is 5.44. The number of aromatic carboxylic acids is 1. The summed E-state index contributed by atoms with van der Waals surface area (Å²) in [6.07, 6.45) is -4.64. The SMILES string of the molecule is CCOc1c(C)cc(NC(=O)c2ccc(C(=O)O)cc2)cc1C(F)(F)F. The number of carboxylic acids is 1. The van der Waals surface area contributed by atoms with Crippen molar-refractivity contribution in [1.29, 1.82) is 0 Å². The van der Waals surface area contributed by atoms with E-state index in [1.807, 2.05) is 0 Å². The largest absolute Gasteiger partial charge is 0.493 e. The molecule has 0 unspecified atom stereocenters. The van der Waals surface area contributed by atoms with Crippen LogP contribution in [0.3, 0.4) is 0 Å². The Balaban J connectivity index is 2.32. The molecule has 0 saturated heterocycles. The maximum absolute atomic E-state index is 13.3. The number of nitrogens with one attached hydrogen (secondary N) is 1. The number of hydrogen-bond donors (Lipinski definition) is 2. The van der Waals surface area contributed by atoms with Crippen LogP contribution in [0.25, 0.3) is 0 Å². The Morgan fingerprint density at radius 2 is 1.69 bits per heavy atom. The molecule has 1 amide bonds. The average molecular weight is 367 g/mol. The van der Waals surface area contributed by atoms with Crippen molar-refractivity contribution in [3.8, 4) is 5.75 Å². The van der Waals surface area contributed by atoms with Gasteiger partial charge in [-0.15, -0.1) is 0 Å². The van der Waals surface area contributed by atoms with Crippen molar-refractivity contribution in [1.82, 2.24) is 0 Å². The Labute approximate surface area is 147 Å². The Hall–Kier alpha value is -3.03. The highest BCUT2D eigenvalue weighted by atomic mass is 19.4. The van der Waals surface area contributed by atoms with Crippen molar-refractivity contribution in [3.63, 3.8) is 0 Å². The van der Waals surface area contributed by atoms with Crippen LogP contribution in [-0.2, 0) is 6.18 Å². The van der Waals surface area contributed by atoms with Gasteiger partial charge in [-0.1, -0.05) is 0 Å². The predicted octanol–water partition coefficient (Wildman–Crippen LogP) is 4.36. The first-order valence-corrected chi connectivity index (χ1v) is 7.62. The van der Waals surface area contributed by atoms with Gasteiger partial charge in [-0.25, -0.2) is 4.79 Å². The van der Waals surface area contributed by atoms with E-state index < -0.39 is 23.6 Å². The molecule has 0 saturated carbocycles. The van der Waals surface area contributed by atoms with E-state index in [1.165, 1.54) is 37.3 Å². The van der Waals surface area contributed by atoms with E-state index in [0.29, 0.717) is 0 Å². The molecule has 2 aromatic carbocycles. The molecule has 0 fully saturated rings. The summed E-state index contributed by atoms with van der Waals surface area (Å²) >= 11 is 0. The average Bonchev–Trinajstić information content (AvgIpc) is 2.56. The second kappa shape index (κ2) is 7.47. The second-order valence-electron chi connectivity index (χ2n) is 5.44. The molecular weight excluding hydrogens is 351 g/mol. The molecule has 0 aliphatic heterocycles. The molecule has 0 aliphatic rings. The number of ether oxygens (including phenoxy) is 1. The fourth-order valence-corrected chi connectivity index (χ4v) is 2.36. The highest BCUT2D eigenvalue weighted by molar-refractivity contribution is 6.05. The van der Waals surface area contributed by atoms with Crippen LogP contribution in [-0.4, -0.2) is 23.6 Å². The Kier molecular flexibility index (Phi) is 5.54. The van der Waals surface area contributed by atoms with Crippen molar-refractivity contribution in [2.75, 3.05) is 11.9 Å². The normalized spacial score (nSPS) is 11.1. The molecule has 0 spiro atoms. The van der Waals surface area contributed by atoms with Gasteiger partial charge in [0, 0.05) is 11.3 Å². The van der Waals surface area contributed by atoms with Crippen molar-refractivity contribution >= 4 is 17.6 Å². The van der Waals surface area contributed by atoms with Crippen LogP contribution in [0.4, 0.5) is 18.9 Å². The lowest BCUT2D eigenvalue weighted by molar-refractivity contribution is -0.138. The molecule has 0 aliphatic carbocycles. The van der Waals surface area contributed by atoms with Crippen molar-refractivity contribution in [3.05, 3.63) is 58.7 Å². The first-order valence-electron chi connectivity index (χ1n) is 7.62. The van der Waals surface area contributed by atoms with Gasteiger partial charge >= 0.3 is 12.1 Å². The molecule has 5 nitrogen and oxygen atoms in total. The summed E-state index contributed by atoms with van der Waals surface area (Å²) in [7, 11) is 0. The number of aryl methyl sites for hydroxylation is 1.